The fourth-order valence-electron chi connectivity index (χ4n) is 3.87. The first kappa shape index (κ1) is 14.9. The smallest absolute Gasteiger partial charge is 0.311 e. The minimum atomic E-state index is -0.350. The number of fused-ring (bicyclic) bond motifs is 3. The second-order valence-electron chi connectivity index (χ2n) is 8.28. The lowest BCUT2D eigenvalue weighted by Gasteiger charge is -2.59. The minimum Gasteiger partial charge on any atom is -0.461 e. The maximum atomic E-state index is 12.4. The molecule has 0 N–H and O–H groups in total. The Kier molecular flexibility index (Phi) is 3.52. The van der Waals surface area contributed by atoms with Gasteiger partial charge in [0.1, 0.15) is 6.10 Å². The van der Waals surface area contributed by atoms with Gasteiger partial charge in [-0.15, -0.1) is 0 Å². The second-order valence-corrected chi connectivity index (χ2v) is 8.28. The Balaban J connectivity index is 2.16. The van der Waals surface area contributed by atoms with E-state index in [0.717, 1.165) is 18.8 Å². The Hall–Kier alpha value is -0.530. The Morgan fingerprint density at radius 3 is 2.47 bits per heavy atom. The van der Waals surface area contributed by atoms with Crippen LogP contribution in [0.15, 0.2) is 0 Å². The molecule has 19 heavy (non-hydrogen) atoms. The quantitative estimate of drug-likeness (QED) is 0.699. The summed E-state index contributed by atoms with van der Waals surface area (Å²) in [7, 11) is 0. The van der Waals surface area contributed by atoms with Crippen molar-refractivity contribution in [3.05, 3.63) is 0 Å². The van der Waals surface area contributed by atoms with E-state index in [-0.39, 0.29) is 28.3 Å². The Morgan fingerprint density at radius 1 is 1.32 bits per heavy atom. The second kappa shape index (κ2) is 4.49. The van der Waals surface area contributed by atoms with Gasteiger partial charge in [0.25, 0.3) is 0 Å². The topological polar surface area (TPSA) is 26.3 Å². The van der Waals surface area contributed by atoms with E-state index >= 15 is 0 Å². The third-order valence-electron chi connectivity index (χ3n) is 6.36. The summed E-state index contributed by atoms with van der Waals surface area (Å²) in [6.07, 6.45) is 5.83. The molecule has 2 bridgehead atoms. The maximum Gasteiger partial charge on any atom is 0.311 e. The van der Waals surface area contributed by atoms with E-state index in [1.54, 1.807) is 0 Å². The first-order valence-electron chi connectivity index (χ1n) is 7.83. The highest BCUT2D eigenvalue weighted by atomic mass is 16.5. The summed E-state index contributed by atoms with van der Waals surface area (Å²) in [6.45, 7) is 13.1. The molecule has 3 aliphatic carbocycles. The van der Waals surface area contributed by atoms with E-state index in [9.17, 15) is 4.79 Å². The first-order chi connectivity index (χ1) is 8.62. The molecule has 3 rings (SSSR count). The predicted octanol–water partition coefficient (Wildman–Crippen LogP) is 4.57. The number of carbonyl (C=O) groups is 1. The SMILES string of the molecule is CCC(C)(C)C(=O)OC1CC2CCC1(C)C(C)(C)C2. The molecule has 0 aromatic carbocycles. The lowest BCUT2D eigenvalue weighted by atomic mass is 9.48. The average Bonchev–Trinajstić information content (AvgIpc) is 2.31. The van der Waals surface area contributed by atoms with Gasteiger partial charge < -0.3 is 4.74 Å². The lowest BCUT2D eigenvalue weighted by Crippen LogP contribution is -2.56. The van der Waals surface area contributed by atoms with Gasteiger partial charge in [-0.1, -0.05) is 27.7 Å². The standard InChI is InChI=1S/C17H30O2/c1-7-15(2,3)14(18)19-13-10-12-8-9-17(13,6)16(4,5)11-12/h12-13H,7-11H2,1-6H3. The first-order valence-corrected chi connectivity index (χ1v) is 7.83. The van der Waals surface area contributed by atoms with Gasteiger partial charge in [0.2, 0.25) is 0 Å². The summed E-state index contributed by atoms with van der Waals surface area (Å²) in [4.78, 5) is 12.4. The molecule has 0 aliphatic heterocycles. The summed E-state index contributed by atoms with van der Waals surface area (Å²) in [5.74, 6) is 0.740. The zero-order valence-corrected chi connectivity index (χ0v) is 13.5. The van der Waals surface area contributed by atoms with Crippen LogP contribution in [-0.4, -0.2) is 12.1 Å². The highest BCUT2D eigenvalue weighted by Crippen LogP contribution is 2.61. The zero-order valence-electron chi connectivity index (χ0n) is 13.5. The third-order valence-corrected chi connectivity index (χ3v) is 6.36. The van der Waals surface area contributed by atoms with Gasteiger partial charge in [-0.25, -0.2) is 0 Å². The molecule has 0 amide bonds. The molecule has 2 nitrogen and oxygen atoms in total. The van der Waals surface area contributed by atoms with Crippen molar-refractivity contribution in [2.24, 2.45) is 22.2 Å². The van der Waals surface area contributed by atoms with Crippen LogP contribution in [0.5, 0.6) is 0 Å². The molecule has 0 aromatic heterocycles. The normalized spacial score (nSPS) is 37.2. The summed E-state index contributed by atoms with van der Waals surface area (Å²) < 4.78 is 5.98. The summed E-state index contributed by atoms with van der Waals surface area (Å²) in [5, 5.41) is 0. The van der Waals surface area contributed by atoms with Crippen molar-refractivity contribution in [1.29, 1.82) is 0 Å². The van der Waals surface area contributed by atoms with Gasteiger partial charge in [-0.2, -0.15) is 0 Å². The number of esters is 1. The maximum absolute atomic E-state index is 12.4. The van der Waals surface area contributed by atoms with Gasteiger partial charge in [0, 0.05) is 5.41 Å². The number of hydrogen-bond donors (Lipinski definition) is 0. The number of carbonyl (C=O) groups excluding carboxylic acids is 1. The van der Waals surface area contributed by atoms with Crippen molar-refractivity contribution in [1.82, 2.24) is 0 Å². The molecule has 3 fully saturated rings. The van der Waals surface area contributed by atoms with Crippen LogP contribution in [0.25, 0.3) is 0 Å². The molecule has 3 unspecified atom stereocenters. The van der Waals surface area contributed by atoms with Gasteiger partial charge in [-0.05, 0) is 57.3 Å². The van der Waals surface area contributed by atoms with Crippen LogP contribution < -0.4 is 0 Å². The predicted molar refractivity (Wildman–Crippen MR) is 77.8 cm³/mol. The average molecular weight is 266 g/mol. The van der Waals surface area contributed by atoms with E-state index in [2.05, 4.69) is 27.7 Å². The highest BCUT2D eigenvalue weighted by molar-refractivity contribution is 5.76. The van der Waals surface area contributed by atoms with Crippen LogP contribution >= 0.6 is 0 Å². The van der Waals surface area contributed by atoms with Crippen molar-refractivity contribution in [2.45, 2.75) is 79.8 Å². The molecule has 110 valence electrons. The van der Waals surface area contributed by atoms with Gasteiger partial charge in [0.05, 0.1) is 5.41 Å². The molecular weight excluding hydrogens is 236 g/mol. The zero-order chi connectivity index (χ0) is 14.5. The molecule has 3 aliphatic rings. The number of rotatable bonds is 3. The molecule has 0 saturated heterocycles. The largest absolute Gasteiger partial charge is 0.461 e. The van der Waals surface area contributed by atoms with Crippen molar-refractivity contribution >= 4 is 5.97 Å². The van der Waals surface area contributed by atoms with E-state index < -0.39 is 0 Å². The fourth-order valence-corrected chi connectivity index (χ4v) is 3.87. The third kappa shape index (κ3) is 2.32. The Labute approximate surface area is 118 Å². The molecular formula is C17H30O2. The van der Waals surface area contributed by atoms with Gasteiger partial charge >= 0.3 is 5.97 Å². The summed E-state index contributed by atoms with van der Waals surface area (Å²) in [6, 6.07) is 0. The molecule has 0 radical (unpaired) electrons. The molecule has 0 aromatic rings. The van der Waals surface area contributed by atoms with Crippen LogP contribution in [-0.2, 0) is 9.53 Å². The fraction of sp³-hybridized carbons (Fsp3) is 0.941. The van der Waals surface area contributed by atoms with Crippen molar-refractivity contribution in [2.75, 3.05) is 0 Å². The Bertz CT molecular complexity index is 369. The van der Waals surface area contributed by atoms with E-state index in [0.29, 0.717) is 0 Å². The minimum absolute atomic E-state index is 0.00965. The van der Waals surface area contributed by atoms with Crippen LogP contribution in [0, 0.1) is 22.2 Å². The summed E-state index contributed by atoms with van der Waals surface area (Å²) in [5.41, 5.74) is 0.0912. The van der Waals surface area contributed by atoms with E-state index in [1.807, 2.05) is 13.8 Å². The van der Waals surface area contributed by atoms with Crippen LogP contribution in [0.2, 0.25) is 0 Å². The van der Waals surface area contributed by atoms with Crippen molar-refractivity contribution in [3.63, 3.8) is 0 Å². The molecule has 3 atom stereocenters. The molecule has 2 heteroatoms. The van der Waals surface area contributed by atoms with Crippen LogP contribution in [0.1, 0.15) is 73.6 Å². The highest BCUT2D eigenvalue weighted by Gasteiger charge is 2.57. The van der Waals surface area contributed by atoms with Gasteiger partial charge in [-0.3, -0.25) is 4.79 Å². The lowest BCUT2D eigenvalue weighted by molar-refractivity contribution is -0.196. The van der Waals surface area contributed by atoms with Gasteiger partial charge in [0.15, 0.2) is 0 Å². The number of ether oxygens (including phenoxy) is 1. The van der Waals surface area contributed by atoms with Crippen LogP contribution in [0.3, 0.4) is 0 Å². The van der Waals surface area contributed by atoms with Crippen LogP contribution in [0.4, 0.5) is 0 Å². The molecule has 3 saturated carbocycles. The number of hydrogen-bond acceptors (Lipinski definition) is 2. The van der Waals surface area contributed by atoms with Crippen molar-refractivity contribution < 1.29 is 9.53 Å². The molecule has 0 spiro atoms. The molecule has 0 heterocycles. The van der Waals surface area contributed by atoms with Crippen molar-refractivity contribution in [3.8, 4) is 0 Å². The monoisotopic (exact) mass is 266 g/mol. The summed E-state index contributed by atoms with van der Waals surface area (Å²) >= 11 is 0. The van der Waals surface area contributed by atoms with E-state index in [1.165, 1.54) is 19.3 Å². The van der Waals surface area contributed by atoms with E-state index in [4.69, 9.17) is 4.74 Å². The Morgan fingerprint density at radius 2 is 1.95 bits per heavy atom.